The van der Waals surface area contributed by atoms with Crippen LogP contribution in [0.4, 0.5) is 11.5 Å². The number of hydrogen-bond donors (Lipinski definition) is 2. The quantitative estimate of drug-likeness (QED) is 0.176. The van der Waals surface area contributed by atoms with Gasteiger partial charge in [0.05, 0.1) is 18.6 Å². The predicted molar refractivity (Wildman–Crippen MR) is 127 cm³/mol. The Balaban J connectivity index is 1.27. The molecule has 0 fully saturated rings. The Bertz CT molecular complexity index is 1310. The Morgan fingerprint density at radius 3 is 2.91 bits per heavy atom. The first kappa shape index (κ1) is 21.7. The normalized spacial score (nSPS) is 12.2. The van der Waals surface area contributed by atoms with E-state index >= 15 is 0 Å². The fourth-order valence-corrected chi connectivity index (χ4v) is 5.40. The molecular formula is C22H21N7O2S2. The Hall–Kier alpha value is -3.18. The van der Waals surface area contributed by atoms with Crippen LogP contribution >= 0.6 is 23.5 Å². The van der Waals surface area contributed by atoms with Gasteiger partial charge in [0, 0.05) is 23.7 Å². The highest BCUT2D eigenvalue weighted by molar-refractivity contribution is 7.99. The first-order valence-corrected chi connectivity index (χ1v) is 12.4. The monoisotopic (exact) mass is 479 g/mol. The third kappa shape index (κ3) is 4.93. The maximum absolute atomic E-state index is 10.6. The molecule has 0 radical (unpaired) electrons. The van der Waals surface area contributed by atoms with Crippen LogP contribution in [0.25, 0.3) is 11.2 Å². The Morgan fingerprint density at radius 2 is 2.00 bits per heavy atom. The fraction of sp³-hybridized carbons (Fsp3) is 0.273. The lowest BCUT2D eigenvalue weighted by atomic mass is 10.2. The maximum Gasteiger partial charge on any atom is 0.303 e. The van der Waals surface area contributed by atoms with Gasteiger partial charge < -0.3 is 15.0 Å². The SMILES string of the molecule is O=C(O)CCCCCSc1ncnc2c1ncn2Cc1ccc2c(c1)Nc1nccnc1S2. The number of rotatable bonds is 9. The molecule has 0 spiro atoms. The summed E-state index contributed by atoms with van der Waals surface area (Å²) in [6.45, 7) is 0.639. The fourth-order valence-electron chi connectivity index (χ4n) is 3.58. The van der Waals surface area contributed by atoms with Crippen LogP contribution in [0.5, 0.6) is 0 Å². The average molecular weight is 480 g/mol. The molecule has 3 aromatic heterocycles. The van der Waals surface area contributed by atoms with Crippen molar-refractivity contribution < 1.29 is 9.90 Å². The highest BCUT2D eigenvalue weighted by Crippen LogP contribution is 2.42. The second-order valence-corrected chi connectivity index (χ2v) is 9.66. The minimum Gasteiger partial charge on any atom is -0.481 e. The zero-order chi connectivity index (χ0) is 22.6. The van der Waals surface area contributed by atoms with Gasteiger partial charge in [-0.05, 0) is 36.3 Å². The van der Waals surface area contributed by atoms with Crippen molar-refractivity contribution in [3.8, 4) is 0 Å². The van der Waals surface area contributed by atoms with Gasteiger partial charge in [0.25, 0.3) is 0 Å². The van der Waals surface area contributed by atoms with Crippen LogP contribution in [0.1, 0.15) is 31.2 Å². The Labute approximate surface area is 198 Å². The van der Waals surface area contributed by atoms with Gasteiger partial charge in [-0.25, -0.2) is 24.9 Å². The standard InChI is InChI=1S/C22H21N7O2S2/c30-17(31)4-2-1-3-9-32-21-18-20(25-12-26-21)29(13-27-18)11-14-5-6-16-15(10-14)28-19-22(33-16)24-8-7-23-19/h5-8,10,12-13H,1-4,9,11H2,(H,23,28)(H,30,31). The lowest BCUT2D eigenvalue weighted by molar-refractivity contribution is -0.137. The lowest BCUT2D eigenvalue weighted by Gasteiger charge is -2.19. The van der Waals surface area contributed by atoms with Gasteiger partial charge in [-0.15, -0.1) is 11.8 Å². The number of aromatic nitrogens is 6. The van der Waals surface area contributed by atoms with Gasteiger partial charge in [-0.1, -0.05) is 24.2 Å². The number of fused-ring (bicyclic) bond motifs is 3. The molecule has 0 atom stereocenters. The number of aliphatic carboxylic acids is 1. The van der Waals surface area contributed by atoms with Gasteiger partial charge in [-0.2, -0.15) is 0 Å². The molecule has 11 heteroatoms. The zero-order valence-electron chi connectivity index (χ0n) is 17.6. The molecule has 0 unspecified atom stereocenters. The number of carboxylic acid groups (broad SMARTS) is 1. The van der Waals surface area contributed by atoms with E-state index in [1.165, 1.54) is 0 Å². The van der Waals surface area contributed by atoms with E-state index in [0.717, 1.165) is 61.8 Å². The molecule has 0 bridgehead atoms. The van der Waals surface area contributed by atoms with Crippen LogP contribution < -0.4 is 5.32 Å². The number of nitrogens with zero attached hydrogens (tertiary/aromatic N) is 6. The molecule has 4 aromatic rings. The zero-order valence-corrected chi connectivity index (χ0v) is 19.3. The summed E-state index contributed by atoms with van der Waals surface area (Å²) in [5, 5.41) is 13.8. The molecule has 0 saturated carbocycles. The van der Waals surface area contributed by atoms with E-state index in [0.29, 0.717) is 13.0 Å². The van der Waals surface area contributed by atoms with E-state index < -0.39 is 5.97 Å². The molecule has 1 aliphatic heterocycles. The van der Waals surface area contributed by atoms with E-state index in [4.69, 9.17) is 5.11 Å². The molecule has 0 amide bonds. The minimum atomic E-state index is -0.738. The van der Waals surface area contributed by atoms with Crippen LogP contribution in [-0.4, -0.2) is 46.3 Å². The number of carboxylic acids is 1. The Kier molecular flexibility index (Phi) is 6.40. The summed E-state index contributed by atoms with van der Waals surface area (Å²) in [5.74, 6) is 0.909. The highest BCUT2D eigenvalue weighted by Gasteiger charge is 2.18. The van der Waals surface area contributed by atoms with Crippen molar-refractivity contribution in [2.24, 2.45) is 0 Å². The molecular weight excluding hydrogens is 458 g/mol. The second-order valence-electron chi connectivity index (χ2n) is 7.54. The first-order valence-electron chi connectivity index (χ1n) is 10.6. The largest absolute Gasteiger partial charge is 0.481 e. The van der Waals surface area contributed by atoms with Gasteiger partial charge in [0.2, 0.25) is 0 Å². The Morgan fingerprint density at radius 1 is 1.09 bits per heavy atom. The number of unbranched alkanes of at least 4 members (excludes halogenated alkanes) is 2. The number of nitrogens with one attached hydrogen (secondary N) is 1. The molecule has 1 aromatic carbocycles. The summed E-state index contributed by atoms with van der Waals surface area (Å²) in [6, 6.07) is 6.33. The lowest BCUT2D eigenvalue weighted by Crippen LogP contribution is -2.05. The van der Waals surface area contributed by atoms with Crippen molar-refractivity contribution in [1.29, 1.82) is 0 Å². The number of hydrogen-bond acceptors (Lipinski definition) is 9. The molecule has 9 nitrogen and oxygen atoms in total. The summed E-state index contributed by atoms with van der Waals surface area (Å²) in [5.41, 5.74) is 3.74. The van der Waals surface area contributed by atoms with Crippen molar-refractivity contribution >= 4 is 52.2 Å². The summed E-state index contributed by atoms with van der Waals surface area (Å²) < 4.78 is 2.03. The van der Waals surface area contributed by atoms with Crippen molar-refractivity contribution in [1.82, 2.24) is 29.5 Å². The summed E-state index contributed by atoms with van der Waals surface area (Å²) in [4.78, 5) is 33.9. The van der Waals surface area contributed by atoms with Crippen LogP contribution in [0.2, 0.25) is 0 Å². The van der Waals surface area contributed by atoms with Gasteiger partial charge in [0.1, 0.15) is 21.9 Å². The summed E-state index contributed by atoms with van der Waals surface area (Å²) in [6.07, 6.45) is 9.53. The van der Waals surface area contributed by atoms with Gasteiger partial charge in [0.15, 0.2) is 11.5 Å². The van der Waals surface area contributed by atoms with Crippen LogP contribution in [0.3, 0.4) is 0 Å². The molecule has 0 aliphatic carbocycles. The topological polar surface area (TPSA) is 119 Å². The minimum absolute atomic E-state index is 0.226. The number of thioether (sulfide) groups is 1. The van der Waals surface area contributed by atoms with Crippen molar-refractivity contribution in [3.05, 3.63) is 48.8 Å². The van der Waals surface area contributed by atoms with Crippen molar-refractivity contribution in [2.75, 3.05) is 11.1 Å². The van der Waals surface area contributed by atoms with Gasteiger partial charge in [-0.3, -0.25) is 4.79 Å². The molecule has 33 heavy (non-hydrogen) atoms. The average Bonchev–Trinajstić information content (AvgIpc) is 3.23. The number of anilines is 2. The maximum atomic E-state index is 10.6. The smallest absolute Gasteiger partial charge is 0.303 e. The molecule has 2 N–H and O–H groups in total. The van der Waals surface area contributed by atoms with Crippen LogP contribution in [-0.2, 0) is 11.3 Å². The molecule has 0 saturated heterocycles. The van der Waals surface area contributed by atoms with Crippen molar-refractivity contribution in [2.45, 2.75) is 47.2 Å². The molecule has 1 aliphatic rings. The summed E-state index contributed by atoms with van der Waals surface area (Å²) in [7, 11) is 0. The van der Waals surface area contributed by atoms with E-state index in [1.807, 2.05) is 4.57 Å². The van der Waals surface area contributed by atoms with E-state index in [1.54, 1.807) is 48.6 Å². The first-order chi connectivity index (χ1) is 16.2. The molecule has 4 heterocycles. The third-order valence-electron chi connectivity index (χ3n) is 5.16. The van der Waals surface area contributed by atoms with Crippen LogP contribution in [0, 0.1) is 0 Å². The number of benzene rings is 1. The molecule has 168 valence electrons. The summed E-state index contributed by atoms with van der Waals surface area (Å²) >= 11 is 3.25. The van der Waals surface area contributed by atoms with E-state index in [-0.39, 0.29) is 6.42 Å². The molecule has 5 rings (SSSR count). The van der Waals surface area contributed by atoms with Crippen LogP contribution in [0.15, 0.2) is 58.2 Å². The van der Waals surface area contributed by atoms with Gasteiger partial charge >= 0.3 is 5.97 Å². The predicted octanol–water partition coefficient (Wildman–Crippen LogP) is 4.61. The number of imidazole rings is 1. The van der Waals surface area contributed by atoms with E-state index in [9.17, 15) is 4.79 Å². The number of carbonyl (C=O) groups is 1. The second kappa shape index (κ2) is 9.75. The van der Waals surface area contributed by atoms with E-state index in [2.05, 4.69) is 48.4 Å². The van der Waals surface area contributed by atoms with Crippen molar-refractivity contribution in [3.63, 3.8) is 0 Å². The highest BCUT2D eigenvalue weighted by atomic mass is 32.2. The third-order valence-corrected chi connectivity index (χ3v) is 7.30.